The molecule has 0 unspecified atom stereocenters. The molecule has 2 rings (SSSR count). The first-order valence-electron chi connectivity index (χ1n) is 6.56. The third kappa shape index (κ3) is 4.86. The molecule has 2 aromatic heterocycles. The third-order valence-corrected chi connectivity index (χ3v) is 2.70. The number of hydrogen-bond acceptors (Lipinski definition) is 4. The van der Waals surface area contributed by atoms with Gasteiger partial charge in [0.25, 0.3) is 0 Å². The Kier molecular flexibility index (Phi) is 6.54. The molecule has 2 heterocycles. The predicted molar refractivity (Wildman–Crippen MR) is 81.0 cm³/mol. The number of nitrogens with one attached hydrogen (secondary N) is 1. The van der Waals surface area contributed by atoms with Crippen molar-refractivity contribution in [3.63, 3.8) is 0 Å². The van der Waals surface area contributed by atoms with E-state index >= 15 is 0 Å². The van der Waals surface area contributed by atoms with Crippen molar-refractivity contribution in [1.29, 1.82) is 0 Å². The molecule has 0 aliphatic heterocycles. The molecule has 0 saturated carbocycles. The molecule has 0 spiro atoms. The van der Waals surface area contributed by atoms with E-state index in [2.05, 4.69) is 35.6 Å². The largest absolute Gasteiger partial charge is 0.394 e. The summed E-state index contributed by atoms with van der Waals surface area (Å²) in [6.45, 7) is 6.64. The summed E-state index contributed by atoms with van der Waals surface area (Å²) in [7, 11) is 0. The zero-order valence-electron chi connectivity index (χ0n) is 11.9. The van der Waals surface area contributed by atoms with Crippen molar-refractivity contribution >= 4 is 18.1 Å². The number of rotatable bonds is 7. The summed E-state index contributed by atoms with van der Waals surface area (Å²) in [5, 5.41) is 20.6. The first kappa shape index (κ1) is 16.5. The van der Waals surface area contributed by atoms with Crippen LogP contribution in [0.3, 0.4) is 0 Å². The lowest BCUT2D eigenvalue weighted by Gasteiger charge is -2.03. The van der Waals surface area contributed by atoms with Crippen molar-refractivity contribution in [1.82, 2.24) is 19.6 Å². The topological polar surface area (TPSA) is 67.9 Å². The molecule has 0 saturated heterocycles. The van der Waals surface area contributed by atoms with E-state index in [4.69, 9.17) is 5.11 Å². The molecule has 20 heavy (non-hydrogen) atoms. The van der Waals surface area contributed by atoms with Crippen molar-refractivity contribution in [2.75, 3.05) is 11.9 Å². The van der Waals surface area contributed by atoms with Crippen LogP contribution in [-0.4, -0.2) is 31.3 Å². The normalized spacial score (nSPS) is 10.6. The van der Waals surface area contributed by atoms with Crippen LogP contribution in [0.1, 0.15) is 19.4 Å². The maximum absolute atomic E-state index is 8.82. The Hall–Kier alpha value is -1.53. The van der Waals surface area contributed by atoms with E-state index in [0.717, 1.165) is 24.3 Å². The smallest absolute Gasteiger partial charge is 0.0729 e. The van der Waals surface area contributed by atoms with E-state index in [9.17, 15) is 0 Å². The standard InChI is InChI=1S/C13H21N5O.ClH/c1-11(2)8-18-9-12(6-15-18)5-14-13-7-16-17(10-13)3-4-19;/h6-7,9-11,14,19H,3-5,8H2,1-2H3;1H. The SMILES string of the molecule is CC(C)Cn1cc(CNc2cnn(CCO)c2)cn1.Cl. The second-order valence-electron chi connectivity index (χ2n) is 5.03. The summed E-state index contributed by atoms with van der Waals surface area (Å²) in [5.74, 6) is 0.595. The van der Waals surface area contributed by atoms with Crippen LogP contribution in [0.5, 0.6) is 0 Å². The van der Waals surface area contributed by atoms with Crippen LogP contribution >= 0.6 is 12.4 Å². The van der Waals surface area contributed by atoms with E-state index in [-0.39, 0.29) is 19.0 Å². The first-order valence-corrected chi connectivity index (χ1v) is 6.56. The van der Waals surface area contributed by atoms with Crippen LogP contribution < -0.4 is 5.32 Å². The van der Waals surface area contributed by atoms with E-state index in [1.54, 1.807) is 10.9 Å². The molecule has 2 N–H and O–H groups in total. The Morgan fingerprint density at radius 3 is 2.65 bits per heavy atom. The lowest BCUT2D eigenvalue weighted by atomic mass is 10.2. The summed E-state index contributed by atoms with van der Waals surface area (Å²) in [6, 6.07) is 0. The van der Waals surface area contributed by atoms with Gasteiger partial charge in [-0.1, -0.05) is 13.8 Å². The van der Waals surface area contributed by atoms with E-state index in [1.807, 2.05) is 17.1 Å². The van der Waals surface area contributed by atoms with Crippen LogP contribution in [0.25, 0.3) is 0 Å². The second-order valence-corrected chi connectivity index (χ2v) is 5.03. The van der Waals surface area contributed by atoms with Gasteiger partial charge in [0.1, 0.15) is 0 Å². The monoisotopic (exact) mass is 299 g/mol. The highest BCUT2D eigenvalue weighted by molar-refractivity contribution is 5.85. The lowest BCUT2D eigenvalue weighted by Crippen LogP contribution is -2.04. The number of anilines is 1. The zero-order chi connectivity index (χ0) is 13.7. The van der Waals surface area contributed by atoms with Gasteiger partial charge >= 0.3 is 0 Å². The molecule has 0 radical (unpaired) electrons. The molecular weight excluding hydrogens is 278 g/mol. The Bertz CT molecular complexity index is 508. The number of aliphatic hydroxyl groups excluding tert-OH is 1. The van der Waals surface area contributed by atoms with Crippen molar-refractivity contribution in [2.45, 2.75) is 33.5 Å². The van der Waals surface area contributed by atoms with Gasteiger partial charge in [0.05, 0.1) is 31.2 Å². The maximum atomic E-state index is 8.82. The van der Waals surface area contributed by atoms with E-state index in [1.165, 1.54) is 0 Å². The molecule has 0 bridgehead atoms. The highest BCUT2D eigenvalue weighted by Crippen LogP contribution is 2.08. The van der Waals surface area contributed by atoms with Gasteiger partial charge in [-0.05, 0) is 5.92 Å². The second kappa shape index (κ2) is 7.91. The summed E-state index contributed by atoms with van der Waals surface area (Å²) in [4.78, 5) is 0. The van der Waals surface area contributed by atoms with Crippen LogP contribution in [0, 0.1) is 5.92 Å². The van der Waals surface area contributed by atoms with Crippen LogP contribution in [-0.2, 0) is 19.6 Å². The van der Waals surface area contributed by atoms with Gasteiger partial charge in [0.2, 0.25) is 0 Å². The fraction of sp³-hybridized carbons (Fsp3) is 0.538. The van der Waals surface area contributed by atoms with Crippen LogP contribution in [0.4, 0.5) is 5.69 Å². The van der Waals surface area contributed by atoms with Gasteiger partial charge in [0, 0.05) is 31.0 Å². The molecular formula is C13H22ClN5O. The summed E-state index contributed by atoms with van der Waals surface area (Å²) >= 11 is 0. The quantitative estimate of drug-likeness (QED) is 0.817. The zero-order valence-corrected chi connectivity index (χ0v) is 12.7. The average Bonchev–Trinajstić information content (AvgIpc) is 2.96. The summed E-state index contributed by atoms with van der Waals surface area (Å²) in [6.07, 6.45) is 7.58. The molecule has 0 amide bonds. The van der Waals surface area contributed by atoms with Crippen molar-refractivity contribution in [2.24, 2.45) is 5.92 Å². The number of halogens is 1. The molecule has 2 aromatic rings. The van der Waals surface area contributed by atoms with Crippen molar-refractivity contribution < 1.29 is 5.11 Å². The van der Waals surface area contributed by atoms with Gasteiger partial charge in [-0.15, -0.1) is 12.4 Å². The molecule has 0 aliphatic carbocycles. The number of nitrogens with zero attached hydrogens (tertiary/aromatic N) is 4. The molecule has 112 valence electrons. The van der Waals surface area contributed by atoms with Gasteiger partial charge < -0.3 is 10.4 Å². The minimum atomic E-state index is 0. The number of aliphatic hydroxyl groups is 1. The molecule has 6 nitrogen and oxygen atoms in total. The molecule has 0 aliphatic rings. The molecule has 0 atom stereocenters. The first-order chi connectivity index (χ1) is 9.17. The fourth-order valence-electron chi connectivity index (χ4n) is 1.86. The molecule has 7 heteroatoms. The van der Waals surface area contributed by atoms with Gasteiger partial charge in [-0.25, -0.2) is 0 Å². The fourth-order valence-corrected chi connectivity index (χ4v) is 1.86. The molecule has 0 aromatic carbocycles. The van der Waals surface area contributed by atoms with Gasteiger partial charge in [-0.2, -0.15) is 10.2 Å². The van der Waals surface area contributed by atoms with E-state index < -0.39 is 0 Å². The van der Waals surface area contributed by atoms with Gasteiger partial charge in [0.15, 0.2) is 0 Å². The number of hydrogen-bond donors (Lipinski definition) is 2. The minimum absolute atomic E-state index is 0. The van der Waals surface area contributed by atoms with E-state index in [0.29, 0.717) is 12.5 Å². The third-order valence-electron chi connectivity index (χ3n) is 2.70. The Balaban J connectivity index is 0.00000200. The summed E-state index contributed by atoms with van der Waals surface area (Å²) in [5.41, 5.74) is 2.10. The van der Waals surface area contributed by atoms with Gasteiger partial charge in [-0.3, -0.25) is 9.36 Å². The summed E-state index contributed by atoms with van der Waals surface area (Å²) < 4.78 is 3.68. The minimum Gasteiger partial charge on any atom is -0.394 e. The Morgan fingerprint density at radius 2 is 1.95 bits per heavy atom. The highest BCUT2D eigenvalue weighted by Gasteiger charge is 2.02. The number of aromatic nitrogens is 4. The highest BCUT2D eigenvalue weighted by atomic mass is 35.5. The average molecular weight is 300 g/mol. The van der Waals surface area contributed by atoms with Crippen LogP contribution in [0.2, 0.25) is 0 Å². The van der Waals surface area contributed by atoms with Crippen molar-refractivity contribution in [3.05, 3.63) is 30.4 Å². The Labute approximate surface area is 125 Å². The van der Waals surface area contributed by atoms with Crippen LogP contribution in [0.15, 0.2) is 24.8 Å². The Morgan fingerprint density at radius 1 is 1.20 bits per heavy atom. The predicted octanol–water partition coefficient (Wildman–Crippen LogP) is 1.76. The lowest BCUT2D eigenvalue weighted by molar-refractivity contribution is 0.269. The maximum Gasteiger partial charge on any atom is 0.0729 e. The molecule has 0 fully saturated rings. The van der Waals surface area contributed by atoms with Crippen molar-refractivity contribution in [3.8, 4) is 0 Å².